The van der Waals surface area contributed by atoms with Crippen molar-refractivity contribution in [1.82, 2.24) is 0 Å². The van der Waals surface area contributed by atoms with Crippen LogP contribution in [0.2, 0.25) is 0 Å². The Kier molecular flexibility index (Phi) is 3.88. The molecule has 0 radical (unpaired) electrons. The quantitative estimate of drug-likeness (QED) is 0.866. The second-order valence-electron chi connectivity index (χ2n) is 6.02. The predicted molar refractivity (Wildman–Crippen MR) is 71.2 cm³/mol. The molecule has 0 saturated carbocycles. The molecule has 0 aliphatic heterocycles. The van der Waals surface area contributed by atoms with E-state index in [1.807, 2.05) is 65.8 Å². The maximum absolute atomic E-state index is 10.6. The van der Waals surface area contributed by atoms with Gasteiger partial charge in [-0.15, -0.1) is 0 Å². The van der Waals surface area contributed by atoms with E-state index in [-0.39, 0.29) is 11.5 Å². The first kappa shape index (κ1) is 14.0. The van der Waals surface area contributed by atoms with E-state index >= 15 is 0 Å². The molecule has 0 spiro atoms. The third-order valence-electron chi connectivity index (χ3n) is 3.23. The minimum Gasteiger partial charge on any atom is -0.491 e. The van der Waals surface area contributed by atoms with Gasteiger partial charge in [-0.25, -0.2) is 0 Å². The maximum atomic E-state index is 10.6. The van der Waals surface area contributed by atoms with Crippen LogP contribution in [0.25, 0.3) is 0 Å². The Morgan fingerprint density at radius 1 is 1.12 bits per heavy atom. The lowest BCUT2D eigenvalue weighted by Gasteiger charge is -2.37. The van der Waals surface area contributed by atoms with Gasteiger partial charge in [0.2, 0.25) is 0 Å². The fourth-order valence-electron chi connectivity index (χ4n) is 1.58. The molecule has 2 heteroatoms. The molecule has 0 fully saturated rings. The van der Waals surface area contributed by atoms with Crippen LogP contribution in [0.3, 0.4) is 0 Å². The summed E-state index contributed by atoms with van der Waals surface area (Å²) in [5, 5.41) is 10.6. The fourth-order valence-corrected chi connectivity index (χ4v) is 1.58. The standard InChI is InChI=1S/C15H24O2/c1-11(2)17-13-9-7-8-12(10-13)15(6,16)14(3,4)5/h7-11,16H,1-6H3. The second kappa shape index (κ2) is 4.69. The number of benzene rings is 1. The summed E-state index contributed by atoms with van der Waals surface area (Å²) in [5.41, 5.74) is -0.199. The highest BCUT2D eigenvalue weighted by Gasteiger charge is 2.37. The lowest BCUT2D eigenvalue weighted by Crippen LogP contribution is -2.36. The molecular weight excluding hydrogens is 212 g/mol. The molecule has 0 aromatic heterocycles. The Hall–Kier alpha value is -1.02. The van der Waals surface area contributed by atoms with Gasteiger partial charge in [-0.05, 0) is 43.9 Å². The molecular formula is C15H24O2. The van der Waals surface area contributed by atoms with E-state index in [2.05, 4.69) is 0 Å². The van der Waals surface area contributed by atoms with E-state index in [9.17, 15) is 5.11 Å². The van der Waals surface area contributed by atoms with Crippen LogP contribution in [0.15, 0.2) is 24.3 Å². The first-order chi connectivity index (χ1) is 7.64. The van der Waals surface area contributed by atoms with Crippen LogP contribution in [-0.2, 0) is 5.60 Å². The number of rotatable bonds is 3. The summed E-state index contributed by atoms with van der Waals surface area (Å²) in [6.07, 6.45) is 0.143. The zero-order valence-corrected chi connectivity index (χ0v) is 11.7. The van der Waals surface area contributed by atoms with E-state index < -0.39 is 5.60 Å². The Morgan fingerprint density at radius 2 is 1.71 bits per heavy atom. The normalized spacial score (nSPS) is 15.8. The smallest absolute Gasteiger partial charge is 0.120 e. The lowest BCUT2D eigenvalue weighted by molar-refractivity contribution is -0.0472. The number of hydrogen-bond acceptors (Lipinski definition) is 2. The highest BCUT2D eigenvalue weighted by atomic mass is 16.5. The molecule has 0 bridgehead atoms. The van der Waals surface area contributed by atoms with Gasteiger partial charge >= 0.3 is 0 Å². The summed E-state index contributed by atoms with van der Waals surface area (Å²) in [6, 6.07) is 7.71. The summed E-state index contributed by atoms with van der Waals surface area (Å²) in [7, 11) is 0. The van der Waals surface area contributed by atoms with Crippen molar-refractivity contribution in [2.45, 2.75) is 53.2 Å². The van der Waals surface area contributed by atoms with Crippen molar-refractivity contribution in [2.24, 2.45) is 5.41 Å². The lowest BCUT2D eigenvalue weighted by atomic mass is 9.73. The maximum Gasteiger partial charge on any atom is 0.120 e. The van der Waals surface area contributed by atoms with Gasteiger partial charge in [0.1, 0.15) is 5.75 Å². The van der Waals surface area contributed by atoms with Gasteiger partial charge in [0.15, 0.2) is 0 Å². The van der Waals surface area contributed by atoms with Crippen LogP contribution < -0.4 is 4.74 Å². The van der Waals surface area contributed by atoms with Crippen molar-refractivity contribution in [3.05, 3.63) is 29.8 Å². The minimum atomic E-state index is -0.872. The van der Waals surface area contributed by atoms with E-state index in [4.69, 9.17) is 4.74 Å². The Bertz CT molecular complexity index is 373. The molecule has 1 N–H and O–H groups in total. The number of aliphatic hydroxyl groups is 1. The monoisotopic (exact) mass is 236 g/mol. The molecule has 96 valence electrons. The van der Waals surface area contributed by atoms with Crippen LogP contribution >= 0.6 is 0 Å². The highest BCUT2D eigenvalue weighted by molar-refractivity contribution is 5.33. The first-order valence-electron chi connectivity index (χ1n) is 6.14. The average Bonchev–Trinajstić information content (AvgIpc) is 2.15. The molecule has 0 amide bonds. The van der Waals surface area contributed by atoms with Crippen molar-refractivity contribution < 1.29 is 9.84 Å². The third kappa shape index (κ3) is 3.22. The van der Waals surface area contributed by atoms with Gasteiger partial charge in [0, 0.05) is 0 Å². The minimum absolute atomic E-state index is 0.143. The molecule has 1 aromatic rings. The fraction of sp³-hybridized carbons (Fsp3) is 0.600. The first-order valence-corrected chi connectivity index (χ1v) is 6.14. The predicted octanol–water partition coefficient (Wildman–Crippen LogP) is 3.73. The molecule has 1 aromatic carbocycles. The van der Waals surface area contributed by atoms with Gasteiger partial charge in [0.25, 0.3) is 0 Å². The SMILES string of the molecule is CC(C)Oc1cccc(C(C)(O)C(C)(C)C)c1. The van der Waals surface area contributed by atoms with Crippen LogP contribution in [0, 0.1) is 5.41 Å². The summed E-state index contributed by atoms with van der Waals surface area (Å²) < 4.78 is 5.65. The summed E-state index contributed by atoms with van der Waals surface area (Å²) in [4.78, 5) is 0. The third-order valence-corrected chi connectivity index (χ3v) is 3.23. The van der Waals surface area contributed by atoms with E-state index in [0.717, 1.165) is 11.3 Å². The summed E-state index contributed by atoms with van der Waals surface area (Å²) in [6.45, 7) is 11.9. The van der Waals surface area contributed by atoms with Gasteiger partial charge in [0.05, 0.1) is 11.7 Å². The molecule has 0 heterocycles. The van der Waals surface area contributed by atoms with Crippen molar-refractivity contribution in [2.75, 3.05) is 0 Å². The van der Waals surface area contributed by atoms with Crippen LogP contribution in [0.4, 0.5) is 0 Å². The molecule has 17 heavy (non-hydrogen) atoms. The molecule has 0 aliphatic rings. The van der Waals surface area contributed by atoms with E-state index in [0.29, 0.717) is 0 Å². The second-order valence-corrected chi connectivity index (χ2v) is 6.02. The van der Waals surface area contributed by atoms with Crippen molar-refractivity contribution >= 4 is 0 Å². The van der Waals surface area contributed by atoms with Crippen LogP contribution in [0.1, 0.15) is 47.1 Å². The molecule has 2 nitrogen and oxygen atoms in total. The molecule has 0 saturated heterocycles. The summed E-state index contributed by atoms with van der Waals surface area (Å²) in [5.74, 6) is 0.807. The molecule has 1 rings (SSSR count). The zero-order valence-electron chi connectivity index (χ0n) is 11.7. The Morgan fingerprint density at radius 3 is 2.18 bits per heavy atom. The molecule has 1 unspecified atom stereocenters. The largest absolute Gasteiger partial charge is 0.491 e. The highest BCUT2D eigenvalue weighted by Crippen LogP contribution is 2.39. The summed E-state index contributed by atoms with van der Waals surface area (Å²) >= 11 is 0. The average molecular weight is 236 g/mol. The van der Waals surface area contributed by atoms with Crippen molar-refractivity contribution in [3.63, 3.8) is 0 Å². The van der Waals surface area contributed by atoms with Crippen LogP contribution in [-0.4, -0.2) is 11.2 Å². The van der Waals surface area contributed by atoms with Crippen molar-refractivity contribution in [1.29, 1.82) is 0 Å². The van der Waals surface area contributed by atoms with Crippen molar-refractivity contribution in [3.8, 4) is 5.75 Å². The molecule has 1 atom stereocenters. The Labute approximate surface area is 105 Å². The molecule has 0 aliphatic carbocycles. The zero-order chi connectivity index (χ0) is 13.3. The Balaban J connectivity index is 3.07. The van der Waals surface area contributed by atoms with E-state index in [1.165, 1.54) is 0 Å². The van der Waals surface area contributed by atoms with Gasteiger partial charge in [-0.2, -0.15) is 0 Å². The van der Waals surface area contributed by atoms with Crippen LogP contribution in [0.5, 0.6) is 5.75 Å². The number of hydrogen-bond donors (Lipinski definition) is 1. The van der Waals surface area contributed by atoms with Gasteiger partial charge < -0.3 is 9.84 Å². The topological polar surface area (TPSA) is 29.5 Å². The van der Waals surface area contributed by atoms with Gasteiger partial charge in [-0.1, -0.05) is 32.9 Å². The van der Waals surface area contributed by atoms with E-state index in [1.54, 1.807) is 0 Å². The van der Waals surface area contributed by atoms with Gasteiger partial charge in [-0.3, -0.25) is 0 Å². The number of ether oxygens (including phenoxy) is 1.